The number of carbonyl (C=O) groups excluding carboxylic acids is 1. The molecule has 0 saturated heterocycles. The van der Waals surface area contributed by atoms with Gasteiger partial charge in [0, 0.05) is 32.6 Å². The Morgan fingerprint density at radius 3 is 2.52 bits per heavy atom. The van der Waals surface area contributed by atoms with Gasteiger partial charge >= 0.3 is 0 Å². The molecular weight excluding hydrogens is 344 g/mol. The molecule has 7 nitrogen and oxygen atoms in total. The van der Waals surface area contributed by atoms with Crippen molar-refractivity contribution in [1.82, 2.24) is 9.62 Å². The van der Waals surface area contributed by atoms with Gasteiger partial charge in [-0.2, -0.15) is 0 Å². The molecule has 25 heavy (non-hydrogen) atoms. The summed E-state index contributed by atoms with van der Waals surface area (Å²) >= 11 is 0. The molecule has 1 aliphatic rings. The number of rotatable bonds is 8. The van der Waals surface area contributed by atoms with Gasteiger partial charge in [0.25, 0.3) is 0 Å². The summed E-state index contributed by atoms with van der Waals surface area (Å²) in [5.74, 6) is 1.40. The van der Waals surface area contributed by atoms with Gasteiger partial charge in [-0.3, -0.25) is 4.79 Å². The first kappa shape index (κ1) is 19.5. The van der Waals surface area contributed by atoms with Crippen LogP contribution in [-0.4, -0.2) is 52.1 Å². The summed E-state index contributed by atoms with van der Waals surface area (Å²) in [4.78, 5) is 13.4. The summed E-state index contributed by atoms with van der Waals surface area (Å²) in [6.45, 7) is 7.64. The number of hydrogen-bond donors (Lipinski definition) is 1. The van der Waals surface area contributed by atoms with Crippen molar-refractivity contribution in [1.29, 1.82) is 0 Å². The standard InChI is InChI=1S/C17H26N2O5S/c1-13(2)6-8-19(14(3)20)9-7-18-25(21,22)15-4-5-16-17(12-15)24-11-10-23-16/h4-5,12-13,18H,6-11H2,1-3H3. The third-order valence-corrected chi connectivity index (χ3v) is 5.38. The van der Waals surface area contributed by atoms with Crippen LogP contribution in [0.3, 0.4) is 0 Å². The van der Waals surface area contributed by atoms with Crippen LogP contribution in [-0.2, 0) is 14.8 Å². The van der Waals surface area contributed by atoms with Gasteiger partial charge in [0.2, 0.25) is 15.9 Å². The van der Waals surface area contributed by atoms with Gasteiger partial charge in [-0.25, -0.2) is 13.1 Å². The van der Waals surface area contributed by atoms with Crippen molar-refractivity contribution in [2.45, 2.75) is 32.1 Å². The monoisotopic (exact) mass is 370 g/mol. The number of sulfonamides is 1. The third kappa shape index (κ3) is 5.61. The maximum atomic E-state index is 12.4. The highest BCUT2D eigenvalue weighted by molar-refractivity contribution is 7.89. The van der Waals surface area contributed by atoms with Crippen LogP contribution in [0.2, 0.25) is 0 Å². The van der Waals surface area contributed by atoms with Crippen molar-refractivity contribution in [3.8, 4) is 11.5 Å². The number of hydrogen-bond acceptors (Lipinski definition) is 5. The van der Waals surface area contributed by atoms with E-state index in [0.717, 1.165) is 6.42 Å². The first-order valence-electron chi connectivity index (χ1n) is 8.44. The van der Waals surface area contributed by atoms with Gasteiger partial charge in [-0.15, -0.1) is 0 Å². The molecule has 1 aliphatic heterocycles. The van der Waals surface area contributed by atoms with Crippen LogP contribution < -0.4 is 14.2 Å². The molecule has 2 rings (SSSR count). The predicted molar refractivity (Wildman–Crippen MR) is 94.3 cm³/mol. The molecule has 0 atom stereocenters. The molecule has 0 aliphatic carbocycles. The Bertz CT molecular complexity index is 703. The maximum Gasteiger partial charge on any atom is 0.240 e. The molecular formula is C17H26N2O5S. The minimum Gasteiger partial charge on any atom is -0.486 e. The molecule has 1 N–H and O–H groups in total. The van der Waals surface area contributed by atoms with Crippen molar-refractivity contribution in [3.63, 3.8) is 0 Å². The zero-order valence-corrected chi connectivity index (χ0v) is 15.8. The molecule has 1 heterocycles. The topological polar surface area (TPSA) is 84.9 Å². The van der Waals surface area contributed by atoms with Crippen LogP contribution in [0.25, 0.3) is 0 Å². The molecule has 0 spiro atoms. The Hall–Kier alpha value is -1.80. The molecule has 8 heteroatoms. The average molecular weight is 370 g/mol. The van der Waals surface area contributed by atoms with Crippen LogP contribution in [0.5, 0.6) is 11.5 Å². The molecule has 140 valence electrons. The highest BCUT2D eigenvalue weighted by Gasteiger charge is 2.19. The molecule has 1 aromatic carbocycles. The van der Waals surface area contributed by atoms with Crippen LogP contribution in [0.1, 0.15) is 27.2 Å². The number of nitrogens with one attached hydrogen (secondary N) is 1. The van der Waals surface area contributed by atoms with E-state index < -0.39 is 10.0 Å². The number of benzene rings is 1. The molecule has 0 fully saturated rings. The van der Waals surface area contributed by atoms with Crippen molar-refractivity contribution in [2.75, 3.05) is 32.8 Å². The van der Waals surface area contributed by atoms with Gasteiger partial charge < -0.3 is 14.4 Å². The second kappa shape index (κ2) is 8.53. The minimum atomic E-state index is -3.67. The molecule has 1 amide bonds. The fourth-order valence-electron chi connectivity index (χ4n) is 2.43. The summed E-state index contributed by atoms with van der Waals surface area (Å²) in [5, 5.41) is 0. The molecule has 0 bridgehead atoms. The number of carbonyl (C=O) groups is 1. The van der Waals surface area contributed by atoms with Crippen LogP contribution in [0, 0.1) is 5.92 Å². The molecule has 0 radical (unpaired) electrons. The SMILES string of the molecule is CC(=O)N(CCNS(=O)(=O)c1ccc2c(c1)OCCO2)CCC(C)C. The van der Waals surface area contributed by atoms with Gasteiger partial charge in [-0.05, 0) is 24.5 Å². The van der Waals surface area contributed by atoms with Gasteiger partial charge in [0.1, 0.15) is 13.2 Å². The predicted octanol–water partition coefficient (Wildman–Crippen LogP) is 1.63. The van der Waals surface area contributed by atoms with E-state index in [1.54, 1.807) is 11.0 Å². The average Bonchev–Trinajstić information content (AvgIpc) is 2.56. The molecule has 0 unspecified atom stereocenters. The Balaban J connectivity index is 1.95. The van der Waals surface area contributed by atoms with Crippen molar-refractivity contribution in [3.05, 3.63) is 18.2 Å². The summed E-state index contributed by atoms with van der Waals surface area (Å²) in [7, 11) is -3.67. The van der Waals surface area contributed by atoms with Gasteiger partial charge in [0.05, 0.1) is 4.90 Å². The molecule has 1 aromatic rings. The lowest BCUT2D eigenvalue weighted by atomic mass is 10.1. The largest absolute Gasteiger partial charge is 0.486 e. The fraction of sp³-hybridized carbons (Fsp3) is 0.588. The third-order valence-electron chi connectivity index (χ3n) is 3.92. The van der Waals surface area contributed by atoms with E-state index in [1.165, 1.54) is 19.1 Å². The number of fused-ring (bicyclic) bond motifs is 1. The highest BCUT2D eigenvalue weighted by Crippen LogP contribution is 2.32. The van der Waals surface area contributed by atoms with Crippen LogP contribution in [0.4, 0.5) is 0 Å². The minimum absolute atomic E-state index is 0.0563. The number of amides is 1. The number of ether oxygens (including phenoxy) is 2. The zero-order chi connectivity index (χ0) is 18.4. The van der Waals surface area contributed by atoms with E-state index >= 15 is 0 Å². The van der Waals surface area contributed by atoms with E-state index in [-0.39, 0.29) is 17.3 Å². The Kier molecular flexibility index (Phi) is 6.66. The second-order valence-corrected chi connectivity index (χ2v) is 8.16. The van der Waals surface area contributed by atoms with Crippen molar-refractivity contribution < 1.29 is 22.7 Å². The second-order valence-electron chi connectivity index (χ2n) is 6.39. The number of nitrogens with zero attached hydrogens (tertiary/aromatic N) is 1. The first-order chi connectivity index (χ1) is 11.8. The fourth-order valence-corrected chi connectivity index (χ4v) is 3.47. The van der Waals surface area contributed by atoms with Crippen LogP contribution >= 0.6 is 0 Å². The summed E-state index contributed by atoms with van der Waals surface area (Å²) in [6, 6.07) is 4.53. The van der Waals surface area contributed by atoms with Crippen LogP contribution in [0.15, 0.2) is 23.1 Å². The zero-order valence-electron chi connectivity index (χ0n) is 14.9. The summed E-state index contributed by atoms with van der Waals surface area (Å²) in [6.07, 6.45) is 0.883. The first-order valence-corrected chi connectivity index (χ1v) is 9.93. The maximum absolute atomic E-state index is 12.4. The van der Waals surface area contributed by atoms with E-state index in [9.17, 15) is 13.2 Å². The Labute approximate surface area is 149 Å². The summed E-state index contributed by atoms with van der Waals surface area (Å²) < 4.78 is 38.2. The quantitative estimate of drug-likeness (QED) is 0.752. The Morgan fingerprint density at radius 1 is 1.20 bits per heavy atom. The lowest BCUT2D eigenvalue weighted by molar-refractivity contribution is -0.128. The van der Waals surface area contributed by atoms with E-state index in [0.29, 0.717) is 43.7 Å². The van der Waals surface area contributed by atoms with E-state index in [2.05, 4.69) is 18.6 Å². The van der Waals surface area contributed by atoms with Gasteiger partial charge in [0.15, 0.2) is 11.5 Å². The normalized spacial score (nSPS) is 13.8. The molecule has 0 aromatic heterocycles. The Morgan fingerprint density at radius 2 is 1.88 bits per heavy atom. The lowest BCUT2D eigenvalue weighted by Gasteiger charge is -2.22. The molecule has 0 saturated carbocycles. The summed E-state index contributed by atoms with van der Waals surface area (Å²) in [5.41, 5.74) is 0. The van der Waals surface area contributed by atoms with E-state index in [4.69, 9.17) is 9.47 Å². The van der Waals surface area contributed by atoms with E-state index in [1.807, 2.05) is 0 Å². The smallest absolute Gasteiger partial charge is 0.240 e. The lowest BCUT2D eigenvalue weighted by Crippen LogP contribution is -2.38. The van der Waals surface area contributed by atoms with Crippen molar-refractivity contribution >= 4 is 15.9 Å². The highest BCUT2D eigenvalue weighted by atomic mass is 32.2. The van der Waals surface area contributed by atoms with Crippen molar-refractivity contribution in [2.24, 2.45) is 5.92 Å². The van der Waals surface area contributed by atoms with Gasteiger partial charge in [-0.1, -0.05) is 13.8 Å².